The van der Waals surface area contributed by atoms with E-state index in [0.717, 1.165) is 0 Å². The van der Waals surface area contributed by atoms with Gasteiger partial charge in [-0.05, 0) is 22.0 Å². The first-order valence-corrected chi connectivity index (χ1v) is 5.15. The molecule has 5 heteroatoms. The van der Waals surface area contributed by atoms with Gasteiger partial charge in [0.25, 0.3) is 0 Å². The summed E-state index contributed by atoms with van der Waals surface area (Å²) in [4.78, 5) is 3.85. The molecule has 0 aliphatic heterocycles. The Hall–Kier alpha value is -0.100. The van der Waals surface area contributed by atoms with E-state index in [1.807, 2.05) is 0 Å². The minimum Gasteiger partial charge on any atom is -0.389 e. The predicted octanol–water partition coefficient (Wildman–Crippen LogP) is 1.17. The van der Waals surface area contributed by atoms with Gasteiger partial charge in [0.05, 0.1) is 6.10 Å². The predicted molar refractivity (Wildman–Crippen MR) is 56.8 cm³/mol. The van der Waals surface area contributed by atoms with E-state index < -0.39 is 12.2 Å². The van der Waals surface area contributed by atoms with Gasteiger partial charge < -0.3 is 10.2 Å². The second kappa shape index (κ2) is 4.95. The number of hydrogen-bond donors (Lipinski definition) is 3. The minimum absolute atomic E-state index is 0.218. The summed E-state index contributed by atoms with van der Waals surface area (Å²) in [5, 5.41) is 18.9. The smallest absolute Gasteiger partial charge is 0.107 e. The molecule has 1 aromatic rings. The third-order valence-corrected chi connectivity index (χ3v) is 2.71. The number of hydrogen-bond acceptors (Lipinski definition) is 4. The normalized spacial score (nSPS) is 15.4. The average molecular weight is 264 g/mol. The number of aliphatic hydroxyl groups is 2. The van der Waals surface area contributed by atoms with Gasteiger partial charge in [-0.1, -0.05) is 0 Å². The molecule has 72 valence electrons. The van der Waals surface area contributed by atoms with Crippen LogP contribution in [-0.4, -0.2) is 27.1 Å². The fourth-order valence-electron chi connectivity index (χ4n) is 0.933. The molecule has 2 N–H and O–H groups in total. The third kappa shape index (κ3) is 2.67. The summed E-state index contributed by atoms with van der Waals surface area (Å²) in [6.45, 7) is 0. The lowest BCUT2D eigenvalue weighted by molar-refractivity contribution is 0.0332. The zero-order valence-electron chi connectivity index (χ0n) is 6.76. The lowest BCUT2D eigenvalue weighted by atomic mass is 10.1. The van der Waals surface area contributed by atoms with Crippen LogP contribution in [0.5, 0.6) is 0 Å². The molecule has 13 heavy (non-hydrogen) atoms. The van der Waals surface area contributed by atoms with Crippen molar-refractivity contribution in [2.75, 3.05) is 5.75 Å². The molecule has 0 radical (unpaired) electrons. The molecule has 0 bridgehead atoms. The van der Waals surface area contributed by atoms with Crippen LogP contribution >= 0.6 is 28.6 Å². The maximum absolute atomic E-state index is 9.61. The minimum atomic E-state index is -0.921. The number of nitrogens with zero attached hydrogens (tertiary/aromatic N) is 1. The molecule has 0 aromatic carbocycles. The Labute approximate surface area is 90.4 Å². The summed E-state index contributed by atoms with van der Waals surface area (Å²) in [7, 11) is 0. The highest BCUT2D eigenvalue weighted by molar-refractivity contribution is 9.10. The molecule has 0 fully saturated rings. The van der Waals surface area contributed by atoms with Crippen LogP contribution < -0.4 is 0 Å². The summed E-state index contributed by atoms with van der Waals surface area (Å²) < 4.78 is 0.684. The van der Waals surface area contributed by atoms with Gasteiger partial charge in [-0.25, -0.2) is 0 Å². The maximum atomic E-state index is 9.61. The molecule has 0 saturated heterocycles. The number of aromatic nitrogens is 1. The molecule has 2 atom stereocenters. The number of pyridine rings is 1. The van der Waals surface area contributed by atoms with Crippen LogP contribution in [0.3, 0.4) is 0 Å². The van der Waals surface area contributed by atoms with Crippen molar-refractivity contribution in [3.05, 3.63) is 28.5 Å². The number of aliphatic hydroxyl groups excluding tert-OH is 2. The topological polar surface area (TPSA) is 53.4 Å². The Morgan fingerprint density at radius 2 is 2.23 bits per heavy atom. The van der Waals surface area contributed by atoms with Crippen molar-refractivity contribution in [2.45, 2.75) is 12.2 Å². The average Bonchev–Trinajstić information content (AvgIpc) is 2.16. The van der Waals surface area contributed by atoms with E-state index in [1.54, 1.807) is 18.5 Å². The molecule has 0 aliphatic carbocycles. The van der Waals surface area contributed by atoms with E-state index in [9.17, 15) is 10.2 Å². The number of halogens is 1. The van der Waals surface area contributed by atoms with E-state index in [2.05, 4.69) is 33.5 Å². The number of thiol groups is 1. The van der Waals surface area contributed by atoms with Crippen LogP contribution in [-0.2, 0) is 0 Å². The Balaban J connectivity index is 2.88. The van der Waals surface area contributed by atoms with Gasteiger partial charge in [-0.15, -0.1) is 0 Å². The standard InChI is InChI=1S/C8H10BrNO2S/c9-6-3-10-2-1-5(6)8(12)7(11)4-13/h1-3,7-8,11-13H,4H2. The highest BCUT2D eigenvalue weighted by Crippen LogP contribution is 2.24. The quantitative estimate of drug-likeness (QED) is 0.718. The Kier molecular flexibility index (Phi) is 4.18. The van der Waals surface area contributed by atoms with Gasteiger partial charge in [0.15, 0.2) is 0 Å². The molecule has 3 nitrogen and oxygen atoms in total. The van der Waals surface area contributed by atoms with Crippen molar-refractivity contribution >= 4 is 28.6 Å². The van der Waals surface area contributed by atoms with Crippen molar-refractivity contribution in [3.8, 4) is 0 Å². The first-order chi connectivity index (χ1) is 6.16. The van der Waals surface area contributed by atoms with Crippen LogP contribution in [0.1, 0.15) is 11.7 Å². The van der Waals surface area contributed by atoms with Crippen molar-refractivity contribution in [1.82, 2.24) is 4.98 Å². The van der Waals surface area contributed by atoms with E-state index in [-0.39, 0.29) is 5.75 Å². The Morgan fingerprint density at radius 1 is 1.54 bits per heavy atom. The molecule has 0 spiro atoms. The van der Waals surface area contributed by atoms with Gasteiger partial charge in [-0.2, -0.15) is 12.6 Å². The molecule has 0 amide bonds. The van der Waals surface area contributed by atoms with Crippen LogP contribution in [0.4, 0.5) is 0 Å². The van der Waals surface area contributed by atoms with Crippen molar-refractivity contribution < 1.29 is 10.2 Å². The van der Waals surface area contributed by atoms with Crippen LogP contribution in [0.15, 0.2) is 22.9 Å². The van der Waals surface area contributed by atoms with Crippen molar-refractivity contribution in [1.29, 1.82) is 0 Å². The van der Waals surface area contributed by atoms with Gasteiger partial charge in [0.2, 0.25) is 0 Å². The molecule has 0 aliphatic rings. The summed E-state index contributed by atoms with van der Waals surface area (Å²) in [6, 6.07) is 1.65. The zero-order valence-corrected chi connectivity index (χ0v) is 9.24. The Bertz CT molecular complexity index is 285. The molecule has 2 unspecified atom stereocenters. The fraction of sp³-hybridized carbons (Fsp3) is 0.375. The van der Waals surface area contributed by atoms with Crippen LogP contribution in [0.2, 0.25) is 0 Å². The lowest BCUT2D eigenvalue weighted by Gasteiger charge is -2.16. The van der Waals surface area contributed by atoms with Gasteiger partial charge in [0, 0.05) is 28.2 Å². The van der Waals surface area contributed by atoms with Gasteiger partial charge in [0.1, 0.15) is 6.10 Å². The molecular weight excluding hydrogens is 254 g/mol. The molecule has 0 saturated carbocycles. The summed E-state index contributed by atoms with van der Waals surface area (Å²) in [6.07, 6.45) is 1.36. The molecule has 1 heterocycles. The fourth-order valence-corrected chi connectivity index (χ4v) is 1.62. The summed E-state index contributed by atoms with van der Waals surface area (Å²) >= 11 is 7.13. The highest BCUT2D eigenvalue weighted by Gasteiger charge is 2.18. The summed E-state index contributed by atoms with van der Waals surface area (Å²) in [5.41, 5.74) is 0.622. The molecular formula is C8H10BrNO2S. The molecule has 1 aromatic heterocycles. The lowest BCUT2D eigenvalue weighted by Crippen LogP contribution is -2.20. The molecule has 1 rings (SSSR count). The first-order valence-electron chi connectivity index (χ1n) is 3.73. The SMILES string of the molecule is OC(CS)C(O)c1ccncc1Br. The van der Waals surface area contributed by atoms with Gasteiger partial charge >= 0.3 is 0 Å². The number of rotatable bonds is 3. The van der Waals surface area contributed by atoms with Gasteiger partial charge in [-0.3, -0.25) is 4.98 Å². The van der Waals surface area contributed by atoms with E-state index in [4.69, 9.17) is 0 Å². The Morgan fingerprint density at radius 3 is 2.77 bits per heavy atom. The van der Waals surface area contributed by atoms with Crippen LogP contribution in [0, 0.1) is 0 Å². The van der Waals surface area contributed by atoms with E-state index in [1.165, 1.54) is 0 Å². The second-order valence-electron chi connectivity index (χ2n) is 2.59. The highest BCUT2D eigenvalue weighted by atomic mass is 79.9. The summed E-state index contributed by atoms with van der Waals surface area (Å²) in [5.74, 6) is 0.218. The largest absolute Gasteiger partial charge is 0.389 e. The third-order valence-electron chi connectivity index (χ3n) is 1.67. The zero-order chi connectivity index (χ0) is 9.84. The first kappa shape index (κ1) is 11.0. The van der Waals surface area contributed by atoms with E-state index in [0.29, 0.717) is 10.0 Å². The maximum Gasteiger partial charge on any atom is 0.107 e. The van der Waals surface area contributed by atoms with Crippen molar-refractivity contribution in [2.24, 2.45) is 0 Å². The van der Waals surface area contributed by atoms with Crippen molar-refractivity contribution in [3.63, 3.8) is 0 Å². The van der Waals surface area contributed by atoms with E-state index >= 15 is 0 Å². The van der Waals surface area contributed by atoms with Crippen LogP contribution in [0.25, 0.3) is 0 Å². The second-order valence-corrected chi connectivity index (χ2v) is 3.81. The monoisotopic (exact) mass is 263 g/mol.